The Bertz CT molecular complexity index is 744. The summed E-state index contributed by atoms with van der Waals surface area (Å²) in [6.07, 6.45) is 2.28. The van der Waals surface area contributed by atoms with Gasteiger partial charge in [0, 0.05) is 31.7 Å². The Hall–Kier alpha value is -2.89. The lowest BCUT2D eigenvalue weighted by atomic mass is 10.2. The van der Waals surface area contributed by atoms with Crippen LogP contribution in [0.4, 0.5) is 11.4 Å². The first-order chi connectivity index (χ1) is 12.0. The maximum absolute atomic E-state index is 12.3. The average Bonchev–Trinajstić information content (AvgIpc) is 3.42. The van der Waals surface area contributed by atoms with Gasteiger partial charge in [0.05, 0.1) is 24.1 Å². The molecule has 1 heterocycles. The number of amides is 2. The molecule has 0 spiro atoms. The van der Waals surface area contributed by atoms with Crippen LogP contribution < -0.4 is 15.5 Å². The van der Waals surface area contributed by atoms with Gasteiger partial charge < -0.3 is 15.5 Å². The minimum Gasteiger partial charge on any atom is -0.378 e. The second-order valence-electron chi connectivity index (χ2n) is 6.42. The zero-order valence-corrected chi connectivity index (χ0v) is 14.4. The Kier molecular flexibility index (Phi) is 4.97. The number of rotatable bonds is 6. The first-order valence-corrected chi connectivity index (χ1v) is 8.30. The third-order valence-corrected chi connectivity index (χ3v) is 4.29. The number of carbonyl (C=O) groups is 2. The summed E-state index contributed by atoms with van der Waals surface area (Å²) >= 11 is 0. The lowest BCUT2D eigenvalue weighted by Gasteiger charge is -2.13. The fourth-order valence-corrected chi connectivity index (χ4v) is 2.66. The largest absolute Gasteiger partial charge is 0.378 e. The van der Waals surface area contributed by atoms with Crippen molar-refractivity contribution in [1.29, 1.82) is 0 Å². The topological polar surface area (TPSA) is 74.3 Å². The molecule has 1 aliphatic carbocycles. The second-order valence-corrected chi connectivity index (χ2v) is 6.42. The Morgan fingerprint density at radius 1 is 1.08 bits per heavy atom. The van der Waals surface area contributed by atoms with Crippen molar-refractivity contribution < 1.29 is 9.59 Å². The van der Waals surface area contributed by atoms with Gasteiger partial charge in [0.2, 0.25) is 11.8 Å². The first kappa shape index (κ1) is 17.0. The van der Waals surface area contributed by atoms with E-state index in [4.69, 9.17) is 0 Å². The van der Waals surface area contributed by atoms with Crippen LogP contribution in [-0.2, 0) is 16.1 Å². The summed E-state index contributed by atoms with van der Waals surface area (Å²) in [6, 6.07) is 13.2. The van der Waals surface area contributed by atoms with E-state index in [1.165, 1.54) is 0 Å². The van der Waals surface area contributed by atoms with Crippen molar-refractivity contribution in [3.63, 3.8) is 0 Å². The van der Waals surface area contributed by atoms with Gasteiger partial charge in [-0.05, 0) is 42.8 Å². The predicted molar refractivity (Wildman–Crippen MR) is 97.1 cm³/mol. The Morgan fingerprint density at radius 3 is 2.44 bits per heavy atom. The Balaban J connectivity index is 1.47. The molecule has 1 aromatic heterocycles. The van der Waals surface area contributed by atoms with Gasteiger partial charge in [-0.25, -0.2) is 0 Å². The van der Waals surface area contributed by atoms with E-state index in [0.29, 0.717) is 13.0 Å². The van der Waals surface area contributed by atoms with Gasteiger partial charge in [0.15, 0.2) is 0 Å². The smallest absolute Gasteiger partial charge is 0.228 e. The summed E-state index contributed by atoms with van der Waals surface area (Å²) in [5, 5.41) is 5.72. The van der Waals surface area contributed by atoms with Crippen LogP contribution in [0.1, 0.15) is 12.1 Å². The van der Waals surface area contributed by atoms with Gasteiger partial charge in [-0.15, -0.1) is 0 Å². The van der Waals surface area contributed by atoms with Gasteiger partial charge in [-0.2, -0.15) is 0 Å². The lowest BCUT2D eigenvalue weighted by Crippen LogP contribution is -2.27. The van der Waals surface area contributed by atoms with E-state index >= 15 is 0 Å². The second kappa shape index (κ2) is 7.34. The van der Waals surface area contributed by atoms with Crippen molar-refractivity contribution in [3.8, 4) is 0 Å². The minimum absolute atomic E-state index is 0.0891. The Morgan fingerprint density at radius 2 is 1.80 bits per heavy atom. The van der Waals surface area contributed by atoms with E-state index in [2.05, 4.69) is 15.6 Å². The number of pyridine rings is 1. The molecule has 1 aromatic carbocycles. The molecule has 25 heavy (non-hydrogen) atoms. The van der Waals surface area contributed by atoms with E-state index in [1.54, 1.807) is 6.20 Å². The molecule has 130 valence electrons. The van der Waals surface area contributed by atoms with Crippen LogP contribution in [-0.4, -0.2) is 30.9 Å². The highest BCUT2D eigenvalue weighted by atomic mass is 16.2. The van der Waals surface area contributed by atoms with Crippen LogP contribution in [0, 0.1) is 11.8 Å². The molecule has 2 unspecified atom stereocenters. The highest BCUT2D eigenvalue weighted by Gasteiger charge is 2.47. The number of carbonyl (C=O) groups excluding carboxylic acids is 2. The summed E-state index contributed by atoms with van der Waals surface area (Å²) in [6.45, 7) is 0.385. The number of nitrogens with one attached hydrogen (secondary N) is 2. The number of nitrogens with zero attached hydrogens (tertiary/aromatic N) is 2. The molecule has 1 fully saturated rings. The average molecular weight is 338 g/mol. The van der Waals surface area contributed by atoms with Crippen LogP contribution in [0.5, 0.6) is 0 Å². The quantitative estimate of drug-likeness (QED) is 0.845. The van der Waals surface area contributed by atoms with Crippen molar-refractivity contribution >= 4 is 23.2 Å². The normalized spacial score (nSPS) is 18.3. The molecular weight excluding hydrogens is 316 g/mol. The molecule has 1 saturated carbocycles. The maximum atomic E-state index is 12.3. The number of anilines is 2. The van der Waals surface area contributed by atoms with E-state index in [-0.39, 0.29) is 23.7 Å². The van der Waals surface area contributed by atoms with Crippen LogP contribution >= 0.6 is 0 Å². The molecule has 6 nitrogen and oxygen atoms in total. The maximum Gasteiger partial charge on any atom is 0.228 e. The molecule has 0 bridgehead atoms. The summed E-state index contributed by atoms with van der Waals surface area (Å²) in [7, 11) is 3.93. The standard InChI is InChI=1S/C19H22N4O2/c1-23(2)15-8-6-13(7-9-15)22-19(25)17-11-16(17)18(24)21-12-14-5-3-4-10-20-14/h3-10,16-17H,11-12H2,1-2H3,(H,21,24)(H,22,25). The van der Waals surface area contributed by atoms with Crippen LogP contribution in [0.25, 0.3) is 0 Å². The predicted octanol–water partition coefficient (Wildman–Crippen LogP) is 2.04. The highest BCUT2D eigenvalue weighted by molar-refractivity contribution is 5.99. The molecule has 0 aliphatic heterocycles. The number of aromatic nitrogens is 1. The molecule has 6 heteroatoms. The summed E-state index contributed by atoms with van der Waals surface area (Å²) < 4.78 is 0. The molecule has 2 N–H and O–H groups in total. The fourth-order valence-electron chi connectivity index (χ4n) is 2.66. The van der Waals surface area contributed by atoms with Gasteiger partial charge in [-0.1, -0.05) is 6.07 Å². The van der Waals surface area contributed by atoms with Gasteiger partial charge in [0.25, 0.3) is 0 Å². The van der Waals surface area contributed by atoms with Gasteiger partial charge in [0.1, 0.15) is 0 Å². The van der Waals surface area contributed by atoms with E-state index < -0.39 is 0 Å². The number of benzene rings is 1. The van der Waals surface area contributed by atoms with Crippen LogP contribution in [0.3, 0.4) is 0 Å². The zero-order chi connectivity index (χ0) is 17.8. The van der Waals surface area contributed by atoms with Crippen molar-refractivity contribution in [1.82, 2.24) is 10.3 Å². The third kappa shape index (κ3) is 4.35. The van der Waals surface area contributed by atoms with Crippen LogP contribution in [0.2, 0.25) is 0 Å². The van der Waals surface area contributed by atoms with Gasteiger partial charge in [-0.3, -0.25) is 14.6 Å². The molecule has 2 atom stereocenters. The van der Waals surface area contributed by atoms with Gasteiger partial charge >= 0.3 is 0 Å². The molecule has 0 radical (unpaired) electrons. The first-order valence-electron chi connectivity index (χ1n) is 8.30. The molecule has 2 aromatic rings. The molecule has 2 amide bonds. The number of hydrogen-bond acceptors (Lipinski definition) is 4. The lowest BCUT2D eigenvalue weighted by molar-refractivity contribution is -0.125. The van der Waals surface area contributed by atoms with Crippen LogP contribution in [0.15, 0.2) is 48.7 Å². The summed E-state index contributed by atoms with van der Waals surface area (Å²) in [5.74, 6) is -0.689. The van der Waals surface area contributed by atoms with Crippen molar-refractivity contribution in [2.75, 3.05) is 24.3 Å². The van der Waals surface area contributed by atoms with Crippen molar-refractivity contribution in [3.05, 3.63) is 54.4 Å². The third-order valence-electron chi connectivity index (χ3n) is 4.29. The Labute approximate surface area is 147 Å². The van der Waals surface area contributed by atoms with E-state index in [9.17, 15) is 9.59 Å². The summed E-state index contributed by atoms with van der Waals surface area (Å²) in [5.41, 5.74) is 2.62. The molecular formula is C19H22N4O2. The van der Waals surface area contributed by atoms with Crippen molar-refractivity contribution in [2.24, 2.45) is 11.8 Å². The molecule has 0 saturated heterocycles. The minimum atomic E-state index is -0.253. The summed E-state index contributed by atoms with van der Waals surface area (Å²) in [4.78, 5) is 30.6. The molecule has 1 aliphatic rings. The van der Waals surface area contributed by atoms with Crippen molar-refractivity contribution in [2.45, 2.75) is 13.0 Å². The SMILES string of the molecule is CN(C)c1ccc(NC(=O)C2CC2C(=O)NCc2ccccn2)cc1. The fraction of sp³-hybridized carbons (Fsp3) is 0.316. The number of hydrogen-bond donors (Lipinski definition) is 2. The van der Waals surface area contributed by atoms with E-state index in [0.717, 1.165) is 17.1 Å². The monoisotopic (exact) mass is 338 g/mol. The van der Waals surface area contributed by atoms with E-state index in [1.807, 2.05) is 61.5 Å². The zero-order valence-electron chi connectivity index (χ0n) is 14.4. The highest BCUT2D eigenvalue weighted by Crippen LogP contribution is 2.39. The molecule has 3 rings (SSSR count).